The summed E-state index contributed by atoms with van der Waals surface area (Å²) in [5.41, 5.74) is 2.73. The molecule has 4 aliphatic rings. The van der Waals surface area contributed by atoms with Crippen LogP contribution in [-0.4, -0.2) is 18.2 Å². The monoisotopic (exact) mass is 408 g/mol. The zero-order valence-corrected chi connectivity index (χ0v) is 17.7. The molecule has 0 atom stereocenters. The summed E-state index contributed by atoms with van der Waals surface area (Å²) in [6, 6.07) is 13.9. The van der Waals surface area contributed by atoms with E-state index in [2.05, 4.69) is 12.1 Å². The highest BCUT2D eigenvalue weighted by Crippen LogP contribution is 2.62. The van der Waals surface area contributed by atoms with Crippen molar-refractivity contribution < 1.29 is 14.6 Å². The molecule has 6 rings (SSSR count). The molecular weight excluding hydrogens is 380 g/mol. The Morgan fingerprint density at radius 3 is 2.21 bits per heavy atom. The summed E-state index contributed by atoms with van der Waals surface area (Å²) in [6.45, 7) is 0. The quantitative estimate of drug-likeness (QED) is 0.582. The molecule has 1 N–H and O–H groups in total. The Hall–Kier alpha value is -1.94. The van der Waals surface area contributed by atoms with Crippen LogP contribution in [0.15, 0.2) is 47.4 Å². The fraction of sp³-hybridized carbons (Fsp3) is 0.480. The number of thioether (sulfide) groups is 1. The number of benzene rings is 2. The lowest BCUT2D eigenvalue weighted by Gasteiger charge is -2.57. The molecule has 4 aliphatic carbocycles. The molecule has 29 heavy (non-hydrogen) atoms. The van der Waals surface area contributed by atoms with Crippen LogP contribution in [0.1, 0.15) is 60.0 Å². The van der Waals surface area contributed by atoms with Crippen LogP contribution in [0.4, 0.5) is 0 Å². The molecule has 152 valence electrons. The van der Waals surface area contributed by atoms with Crippen molar-refractivity contribution in [1.82, 2.24) is 0 Å². The van der Waals surface area contributed by atoms with Crippen LogP contribution < -0.4 is 4.74 Å². The molecule has 2 aromatic carbocycles. The van der Waals surface area contributed by atoms with E-state index in [1.807, 2.05) is 24.3 Å². The van der Waals surface area contributed by atoms with Crippen LogP contribution in [0.25, 0.3) is 0 Å². The lowest BCUT2D eigenvalue weighted by molar-refractivity contribution is -0.00650. The zero-order valence-electron chi connectivity index (χ0n) is 16.9. The van der Waals surface area contributed by atoms with Crippen molar-refractivity contribution in [1.29, 1.82) is 0 Å². The first-order valence-corrected chi connectivity index (χ1v) is 11.7. The van der Waals surface area contributed by atoms with Crippen molar-refractivity contribution >= 4 is 17.7 Å². The smallest absolute Gasteiger partial charge is 0.336 e. The van der Waals surface area contributed by atoms with Crippen LogP contribution in [0, 0.1) is 17.8 Å². The van der Waals surface area contributed by atoms with E-state index in [-0.39, 0.29) is 5.41 Å². The number of carboxylic acids is 1. The van der Waals surface area contributed by atoms with Gasteiger partial charge in [0.05, 0.1) is 12.7 Å². The number of hydrogen-bond donors (Lipinski definition) is 1. The molecule has 0 aromatic heterocycles. The van der Waals surface area contributed by atoms with E-state index in [1.54, 1.807) is 24.9 Å². The Balaban J connectivity index is 1.61. The molecule has 0 radical (unpaired) electrons. The summed E-state index contributed by atoms with van der Waals surface area (Å²) in [4.78, 5) is 13.3. The SMILES string of the molecule is COc1ccc(C(=O)O)c(CSc2ccccc2)c1C12CC3CC(CC(C3)C1)C2. The molecule has 0 spiro atoms. The van der Waals surface area contributed by atoms with Gasteiger partial charge in [-0.3, -0.25) is 0 Å². The first kappa shape index (κ1) is 19.0. The first-order chi connectivity index (χ1) is 14.1. The topological polar surface area (TPSA) is 46.5 Å². The Bertz CT molecular complexity index is 886. The van der Waals surface area contributed by atoms with E-state index < -0.39 is 5.97 Å². The number of carboxylic acid groups (broad SMARTS) is 1. The predicted octanol–water partition coefficient (Wildman–Crippen LogP) is 6.15. The first-order valence-electron chi connectivity index (χ1n) is 10.7. The van der Waals surface area contributed by atoms with E-state index in [9.17, 15) is 9.90 Å². The summed E-state index contributed by atoms with van der Waals surface area (Å²) in [7, 11) is 1.73. The van der Waals surface area contributed by atoms with Crippen LogP contribution >= 0.6 is 11.8 Å². The van der Waals surface area contributed by atoms with Gasteiger partial charge in [0.25, 0.3) is 0 Å². The Morgan fingerprint density at radius 1 is 1.03 bits per heavy atom. The third-order valence-corrected chi connectivity index (χ3v) is 8.46. The van der Waals surface area contributed by atoms with Crippen LogP contribution in [0.2, 0.25) is 0 Å². The fourth-order valence-electron chi connectivity index (χ4n) is 6.82. The highest BCUT2D eigenvalue weighted by Gasteiger charge is 2.53. The van der Waals surface area contributed by atoms with Crippen molar-refractivity contribution in [3.8, 4) is 5.75 Å². The lowest BCUT2D eigenvalue weighted by Crippen LogP contribution is -2.49. The molecule has 4 saturated carbocycles. The Morgan fingerprint density at radius 2 is 1.66 bits per heavy atom. The van der Waals surface area contributed by atoms with Crippen molar-refractivity contribution in [2.75, 3.05) is 7.11 Å². The van der Waals surface area contributed by atoms with Gasteiger partial charge in [-0.15, -0.1) is 11.8 Å². The molecule has 2 aromatic rings. The van der Waals surface area contributed by atoms with Gasteiger partial charge >= 0.3 is 5.97 Å². The van der Waals surface area contributed by atoms with E-state index in [0.29, 0.717) is 11.3 Å². The lowest BCUT2D eigenvalue weighted by atomic mass is 9.47. The van der Waals surface area contributed by atoms with Gasteiger partial charge in [0, 0.05) is 21.6 Å². The maximum absolute atomic E-state index is 12.2. The molecule has 4 fully saturated rings. The minimum Gasteiger partial charge on any atom is -0.496 e. The summed E-state index contributed by atoms with van der Waals surface area (Å²) < 4.78 is 5.86. The van der Waals surface area contributed by atoms with Gasteiger partial charge in [0.1, 0.15) is 5.75 Å². The molecular formula is C25H28O3S. The van der Waals surface area contributed by atoms with E-state index in [4.69, 9.17) is 4.74 Å². The van der Waals surface area contributed by atoms with Crippen LogP contribution in [0.3, 0.4) is 0 Å². The number of ether oxygens (including phenoxy) is 1. The Labute approximate surface area is 176 Å². The van der Waals surface area contributed by atoms with Crippen molar-refractivity contribution in [3.05, 3.63) is 59.2 Å². The third kappa shape index (κ3) is 3.35. The van der Waals surface area contributed by atoms with E-state index in [0.717, 1.165) is 29.1 Å². The second-order valence-electron chi connectivity index (χ2n) is 9.27. The number of hydrogen-bond acceptors (Lipinski definition) is 3. The second kappa shape index (κ2) is 7.39. The van der Waals surface area contributed by atoms with E-state index in [1.165, 1.54) is 49.0 Å². The summed E-state index contributed by atoms with van der Waals surface area (Å²) in [5.74, 6) is 3.13. The summed E-state index contributed by atoms with van der Waals surface area (Å²) >= 11 is 1.72. The van der Waals surface area contributed by atoms with Crippen molar-refractivity contribution in [2.45, 2.75) is 54.6 Å². The molecule has 4 bridgehead atoms. The van der Waals surface area contributed by atoms with Crippen LogP contribution in [0.5, 0.6) is 5.75 Å². The third-order valence-electron chi connectivity index (χ3n) is 7.42. The normalized spacial score (nSPS) is 29.8. The number of rotatable bonds is 6. The number of aromatic carboxylic acids is 1. The molecule has 3 nitrogen and oxygen atoms in total. The molecule has 0 saturated heterocycles. The van der Waals surface area contributed by atoms with Crippen molar-refractivity contribution in [2.24, 2.45) is 17.8 Å². The van der Waals surface area contributed by atoms with Gasteiger partial charge in [-0.2, -0.15) is 0 Å². The van der Waals surface area contributed by atoms with Gasteiger partial charge in [-0.1, -0.05) is 18.2 Å². The summed E-state index contributed by atoms with van der Waals surface area (Å²) in [6.07, 6.45) is 7.70. The molecule has 0 amide bonds. The van der Waals surface area contributed by atoms with Crippen molar-refractivity contribution in [3.63, 3.8) is 0 Å². The highest BCUT2D eigenvalue weighted by atomic mass is 32.2. The minimum absolute atomic E-state index is 0.0954. The maximum atomic E-state index is 12.2. The molecule has 0 aliphatic heterocycles. The maximum Gasteiger partial charge on any atom is 0.336 e. The zero-order chi connectivity index (χ0) is 20.0. The molecule has 0 unspecified atom stereocenters. The van der Waals surface area contributed by atoms with Gasteiger partial charge < -0.3 is 9.84 Å². The largest absolute Gasteiger partial charge is 0.496 e. The minimum atomic E-state index is -0.831. The fourth-order valence-corrected chi connectivity index (χ4v) is 7.78. The second-order valence-corrected chi connectivity index (χ2v) is 10.3. The van der Waals surface area contributed by atoms with Gasteiger partial charge in [0.15, 0.2) is 0 Å². The van der Waals surface area contributed by atoms with Gasteiger partial charge in [-0.25, -0.2) is 4.79 Å². The van der Waals surface area contributed by atoms with E-state index >= 15 is 0 Å². The Kier molecular flexibility index (Phi) is 4.85. The standard InChI is InChI=1S/C25H28O3S/c1-28-22-8-7-20(24(26)27)21(15-29-19-5-3-2-4-6-19)23(22)25-12-16-9-17(13-25)11-18(10-16)14-25/h2-8,16-18H,9-15H2,1H3,(H,26,27). The van der Waals surface area contributed by atoms with Gasteiger partial charge in [-0.05, 0) is 86.1 Å². The average molecular weight is 409 g/mol. The molecule has 4 heteroatoms. The average Bonchev–Trinajstić information content (AvgIpc) is 2.71. The number of carbonyl (C=O) groups is 1. The highest BCUT2D eigenvalue weighted by molar-refractivity contribution is 7.98. The molecule has 0 heterocycles. The predicted molar refractivity (Wildman–Crippen MR) is 116 cm³/mol. The number of methoxy groups -OCH3 is 1. The summed E-state index contributed by atoms with van der Waals surface area (Å²) in [5, 5.41) is 9.98. The van der Waals surface area contributed by atoms with Gasteiger partial charge in [0.2, 0.25) is 0 Å². The van der Waals surface area contributed by atoms with Crippen LogP contribution in [-0.2, 0) is 11.2 Å².